The highest BCUT2D eigenvalue weighted by Crippen LogP contribution is 2.16. The van der Waals surface area contributed by atoms with E-state index in [1.807, 2.05) is 11.8 Å². The van der Waals surface area contributed by atoms with Crippen molar-refractivity contribution in [2.45, 2.75) is 19.4 Å². The maximum Gasteiger partial charge on any atom is 0.319 e. The van der Waals surface area contributed by atoms with Gasteiger partial charge in [0.1, 0.15) is 0 Å². The first-order valence-corrected chi connectivity index (χ1v) is 4.71. The van der Waals surface area contributed by atoms with Crippen LogP contribution in [-0.4, -0.2) is 36.0 Å². The Kier molecular flexibility index (Phi) is 2.53. The molecule has 0 aromatic carbocycles. The minimum absolute atomic E-state index is 0.109. The lowest BCUT2D eigenvalue weighted by Gasteiger charge is -2.18. The molecule has 0 amide bonds. The Bertz CT molecular complexity index is 301. The number of rotatable bonds is 1. The average Bonchev–Trinajstić information content (AvgIpc) is 2.45. The number of hydrogen-bond acceptors (Lipinski definition) is 6. The molecule has 0 aliphatic carbocycles. The second-order valence-corrected chi connectivity index (χ2v) is 3.40. The van der Waals surface area contributed by atoms with E-state index in [0.717, 1.165) is 26.1 Å². The molecular formula is C8H14N4O2. The SMILES string of the molecule is CC1CN(c2nnc(N)o2)CCCO1. The quantitative estimate of drug-likeness (QED) is 0.697. The van der Waals surface area contributed by atoms with E-state index in [-0.39, 0.29) is 12.1 Å². The van der Waals surface area contributed by atoms with E-state index in [1.165, 1.54) is 0 Å². The van der Waals surface area contributed by atoms with Crippen LogP contribution in [0.4, 0.5) is 12.0 Å². The van der Waals surface area contributed by atoms with E-state index >= 15 is 0 Å². The summed E-state index contributed by atoms with van der Waals surface area (Å²) < 4.78 is 10.7. The van der Waals surface area contributed by atoms with E-state index in [9.17, 15) is 0 Å². The molecule has 0 bridgehead atoms. The minimum atomic E-state index is 0.109. The number of hydrogen-bond donors (Lipinski definition) is 1. The summed E-state index contributed by atoms with van der Waals surface area (Å²) in [6, 6.07) is 0.595. The summed E-state index contributed by atoms with van der Waals surface area (Å²) in [4.78, 5) is 2.00. The third kappa shape index (κ3) is 1.95. The van der Waals surface area contributed by atoms with Crippen LogP contribution in [0, 0.1) is 0 Å². The van der Waals surface area contributed by atoms with Crippen LogP contribution in [0.15, 0.2) is 4.42 Å². The van der Waals surface area contributed by atoms with Gasteiger partial charge in [0.05, 0.1) is 6.10 Å². The van der Waals surface area contributed by atoms with Crippen molar-refractivity contribution < 1.29 is 9.15 Å². The van der Waals surface area contributed by atoms with Gasteiger partial charge in [0.25, 0.3) is 0 Å². The van der Waals surface area contributed by atoms with Crippen LogP contribution in [0.1, 0.15) is 13.3 Å². The average molecular weight is 198 g/mol. The first kappa shape index (κ1) is 9.26. The largest absolute Gasteiger partial charge is 0.390 e. The standard InChI is InChI=1S/C8H14N4O2/c1-6-5-12(3-2-4-13-6)8-11-10-7(9)14-8/h6H,2-5H2,1H3,(H2,9,10). The maximum atomic E-state index is 5.50. The van der Waals surface area contributed by atoms with E-state index < -0.39 is 0 Å². The van der Waals surface area contributed by atoms with Crippen molar-refractivity contribution in [1.29, 1.82) is 0 Å². The van der Waals surface area contributed by atoms with Crippen molar-refractivity contribution in [3.8, 4) is 0 Å². The Hall–Kier alpha value is -1.30. The summed E-state index contributed by atoms with van der Waals surface area (Å²) >= 11 is 0. The zero-order valence-corrected chi connectivity index (χ0v) is 8.14. The van der Waals surface area contributed by atoms with Crippen LogP contribution >= 0.6 is 0 Å². The summed E-state index contributed by atoms with van der Waals surface area (Å²) in [5.74, 6) is 0. The third-order valence-corrected chi connectivity index (χ3v) is 2.15. The zero-order valence-electron chi connectivity index (χ0n) is 8.14. The van der Waals surface area contributed by atoms with Gasteiger partial charge in [-0.05, 0) is 13.3 Å². The summed E-state index contributed by atoms with van der Waals surface area (Å²) in [6.07, 6.45) is 1.15. The fourth-order valence-electron chi connectivity index (χ4n) is 1.52. The van der Waals surface area contributed by atoms with Crippen molar-refractivity contribution in [3.05, 3.63) is 0 Å². The van der Waals surface area contributed by atoms with Gasteiger partial charge < -0.3 is 19.8 Å². The molecule has 1 aromatic rings. The number of ether oxygens (including phenoxy) is 1. The predicted molar refractivity (Wildman–Crippen MR) is 51.0 cm³/mol. The topological polar surface area (TPSA) is 77.4 Å². The molecule has 1 aliphatic rings. The first-order valence-electron chi connectivity index (χ1n) is 4.71. The van der Waals surface area contributed by atoms with E-state index in [4.69, 9.17) is 14.9 Å². The zero-order chi connectivity index (χ0) is 9.97. The molecule has 6 nitrogen and oxygen atoms in total. The molecule has 1 aliphatic heterocycles. The molecule has 78 valence electrons. The highest BCUT2D eigenvalue weighted by molar-refractivity contribution is 5.27. The molecule has 1 saturated heterocycles. The molecule has 14 heavy (non-hydrogen) atoms. The van der Waals surface area contributed by atoms with E-state index in [2.05, 4.69) is 10.2 Å². The molecule has 1 unspecified atom stereocenters. The van der Waals surface area contributed by atoms with Gasteiger partial charge in [0.15, 0.2) is 0 Å². The van der Waals surface area contributed by atoms with Crippen LogP contribution < -0.4 is 10.6 Å². The Balaban J connectivity index is 2.08. The monoisotopic (exact) mass is 198 g/mol. The Morgan fingerprint density at radius 3 is 3.07 bits per heavy atom. The fraction of sp³-hybridized carbons (Fsp3) is 0.750. The minimum Gasteiger partial charge on any atom is -0.390 e. The Morgan fingerprint density at radius 2 is 2.36 bits per heavy atom. The first-order chi connectivity index (χ1) is 6.75. The van der Waals surface area contributed by atoms with Crippen molar-refractivity contribution >= 4 is 12.0 Å². The predicted octanol–water partition coefficient (Wildman–Crippen LogP) is 0.267. The number of nitrogens with zero attached hydrogens (tertiary/aromatic N) is 3. The van der Waals surface area contributed by atoms with Gasteiger partial charge in [-0.15, -0.1) is 0 Å². The molecular weight excluding hydrogens is 184 g/mol. The van der Waals surface area contributed by atoms with Gasteiger partial charge in [-0.25, -0.2) is 0 Å². The molecule has 0 saturated carbocycles. The summed E-state index contributed by atoms with van der Waals surface area (Å²) in [5.41, 5.74) is 5.36. The fourth-order valence-corrected chi connectivity index (χ4v) is 1.52. The van der Waals surface area contributed by atoms with Crippen LogP contribution in [0.5, 0.6) is 0 Å². The van der Waals surface area contributed by atoms with Crippen molar-refractivity contribution in [1.82, 2.24) is 10.2 Å². The van der Waals surface area contributed by atoms with E-state index in [0.29, 0.717) is 6.01 Å². The van der Waals surface area contributed by atoms with Gasteiger partial charge in [0, 0.05) is 19.7 Å². The van der Waals surface area contributed by atoms with Gasteiger partial charge in [-0.3, -0.25) is 0 Å². The molecule has 1 fully saturated rings. The molecule has 1 atom stereocenters. The molecule has 1 aromatic heterocycles. The number of aromatic nitrogens is 2. The molecule has 0 spiro atoms. The smallest absolute Gasteiger partial charge is 0.319 e. The highest BCUT2D eigenvalue weighted by atomic mass is 16.5. The van der Waals surface area contributed by atoms with Gasteiger partial charge in [0.2, 0.25) is 0 Å². The van der Waals surface area contributed by atoms with Crippen LogP contribution in [-0.2, 0) is 4.74 Å². The third-order valence-electron chi connectivity index (χ3n) is 2.15. The lowest BCUT2D eigenvalue weighted by Crippen LogP contribution is -2.30. The summed E-state index contributed by atoms with van der Waals surface area (Å²) in [7, 11) is 0. The molecule has 2 N–H and O–H groups in total. The van der Waals surface area contributed by atoms with Gasteiger partial charge >= 0.3 is 12.0 Å². The highest BCUT2D eigenvalue weighted by Gasteiger charge is 2.19. The van der Waals surface area contributed by atoms with Crippen LogP contribution in [0.2, 0.25) is 0 Å². The van der Waals surface area contributed by atoms with Crippen LogP contribution in [0.25, 0.3) is 0 Å². The number of nitrogens with two attached hydrogens (primary N) is 1. The van der Waals surface area contributed by atoms with Crippen molar-refractivity contribution in [2.75, 3.05) is 30.3 Å². The van der Waals surface area contributed by atoms with Crippen LogP contribution in [0.3, 0.4) is 0 Å². The normalized spacial score (nSPS) is 23.5. The van der Waals surface area contributed by atoms with Gasteiger partial charge in [-0.1, -0.05) is 10.2 Å². The van der Waals surface area contributed by atoms with Crippen molar-refractivity contribution in [2.24, 2.45) is 0 Å². The summed E-state index contributed by atoms with van der Waals surface area (Å²) in [5, 5.41) is 7.47. The lowest BCUT2D eigenvalue weighted by molar-refractivity contribution is 0.0818. The van der Waals surface area contributed by atoms with Crippen molar-refractivity contribution in [3.63, 3.8) is 0 Å². The second kappa shape index (κ2) is 3.83. The second-order valence-electron chi connectivity index (χ2n) is 3.40. The Labute approximate surface area is 82.0 Å². The molecule has 2 heterocycles. The van der Waals surface area contributed by atoms with Gasteiger partial charge in [-0.2, -0.15) is 0 Å². The number of nitrogen functional groups attached to an aromatic ring is 1. The molecule has 2 rings (SSSR count). The Morgan fingerprint density at radius 1 is 1.50 bits per heavy atom. The molecule has 6 heteroatoms. The summed E-state index contributed by atoms with van der Waals surface area (Å²) in [6.45, 7) is 4.44. The molecule has 0 radical (unpaired) electrons. The lowest BCUT2D eigenvalue weighted by atomic mass is 10.4. The maximum absolute atomic E-state index is 5.50. The van der Waals surface area contributed by atoms with E-state index in [1.54, 1.807) is 0 Å². The number of anilines is 2.